The number of halogens is 4. The van der Waals surface area contributed by atoms with E-state index in [1.165, 1.54) is 29.5 Å². The molecule has 0 saturated carbocycles. The van der Waals surface area contributed by atoms with E-state index in [4.69, 9.17) is 0 Å². The van der Waals surface area contributed by atoms with Gasteiger partial charge in [-0.2, -0.15) is 0 Å². The second kappa shape index (κ2) is 5.75. The third kappa shape index (κ3) is 3.53. The van der Waals surface area contributed by atoms with E-state index < -0.39 is 18.2 Å². The first kappa shape index (κ1) is 15.3. The Balaban J connectivity index is 2.37. The van der Waals surface area contributed by atoms with Gasteiger partial charge in [-0.1, -0.05) is 18.2 Å². The molecule has 1 aromatic carbocycles. The Bertz CT molecular complexity index is 590. The van der Waals surface area contributed by atoms with Crippen molar-refractivity contribution < 1.29 is 23.0 Å². The zero-order chi connectivity index (χ0) is 14.9. The number of aliphatic hydroxyl groups excluding tert-OH is 1. The molecule has 2 rings (SSSR count). The van der Waals surface area contributed by atoms with E-state index in [-0.39, 0.29) is 5.56 Å². The van der Waals surface area contributed by atoms with Crippen molar-refractivity contribution in [2.24, 2.45) is 0 Å². The first-order valence-corrected chi connectivity index (χ1v) is 7.17. The van der Waals surface area contributed by atoms with Gasteiger partial charge < -0.3 is 9.84 Å². The van der Waals surface area contributed by atoms with Crippen molar-refractivity contribution >= 4 is 27.3 Å². The van der Waals surface area contributed by atoms with Gasteiger partial charge in [-0.15, -0.1) is 24.5 Å². The number of para-hydroxylation sites is 1. The Labute approximate surface area is 125 Å². The number of benzene rings is 1. The molecule has 0 aliphatic heterocycles. The third-order valence-electron chi connectivity index (χ3n) is 2.59. The van der Waals surface area contributed by atoms with Gasteiger partial charge in [0.25, 0.3) is 0 Å². The number of aryl methyl sites for hydroxylation is 1. The zero-order valence-electron chi connectivity index (χ0n) is 10.2. The second-order valence-electron chi connectivity index (χ2n) is 4.09. The van der Waals surface area contributed by atoms with Crippen LogP contribution in [0.4, 0.5) is 13.2 Å². The fraction of sp³-hybridized carbons (Fsp3) is 0.231. The van der Waals surface area contributed by atoms with Crippen molar-refractivity contribution in [3.63, 3.8) is 0 Å². The van der Waals surface area contributed by atoms with Crippen molar-refractivity contribution in [1.29, 1.82) is 0 Å². The van der Waals surface area contributed by atoms with Crippen molar-refractivity contribution in [2.75, 3.05) is 0 Å². The van der Waals surface area contributed by atoms with Crippen LogP contribution in [0.25, 0.3) is 0 Å². The number of hydrogen-bond acceptors (Lipinski definition) is 3. The molecule has 0 aliphatic rings. The average molecular weight is 367 g/mol. The van der Waals surface area contributed by atoms with E-state index in [9.17, 15) is 18.3 Å². The standard InChI is InChI=1S/C13H10BrF3O2S/c1-7-6-10(20-12(7)14)11(18)8-4-2-3-5-9(8)19-13(15,16)17/h2-6,11,18H,1H3. The molecule has 0 bridgehead atoms. The molecular weight excluding hydrogens is 357 g/mol. The number of hydrogen-bond donors (Lipinski definition) is 1. The summed E-state index contributed by atoms with van der Waals surface area (Å²) in [7, 11) is 0. The highest BCUT2D eigenvalue weighted by Crippen LogP contribution is 2.38. The third-order valence-corrected chi connectivity index (χ3v) is 4.77. The summed E-state index contributed by atoms with van der Waals surface area (Å²) in [5, 5.41) is 10.2. The molecule has 1 N–H and O–H groups in total. The van der Waals surface area contributed by atoms with Gasteiger partial charge >= 0.3 is 6.36 Å². The Morgan fingerprint density at radius 2 is 1.95 bits per heavy atom. The number of rotatable bonds is 3. The normalized spacial score (nSPS) is 13.3. The summed E-state index contributed by atoms with van der Waals surface area (Å²) < 4.78 is 41.8. The maximum Gasteiger partial charge on any atom is 0.573 e. The molecule has 0 amide bonds. The molecular formula is C13H10BrF3O2S. The van der Waals surface area contributed by atoms with Gasteiger partial charge in [-0.25, -0.2) is 0 Å². The minimum atomic E-state index is -4.79. The molecule has 20 heavy (non-hydrogen) atoms. The molecule has 0 saturated heterocycles. The molecule has 0 aliphatic carbocycles. The van der Waals surface area contributed by atoms with Gasteiger partial charge in [0.15, 0.2) is 0 Å². The van der Waals surface area contributed by atoms with E-state index in [1.807, 2.05) is 6.92 Å². The van der Waals surface area contributed by atoms with Crippen LogP contribution in [0, 0.1) is 6.92 Å². The molecule has 108 valence electrons. The van der Waals surface area contributed by atoms with E-state index >= 15 is 0 Å². The minimum Gasteiger partial charge on any atom is -0.405 e. The summed E-state index contributed by atoms with van der Waals surface area (Å²) in [6.45, 7) is 1.84. The summed E-state index contributed by atoms with van der Waals surface area (Å²) in [5.41, 5.74) is 0.997. The van der Waals surface area contributed by atoms with Crippen molar-refractivity contribution in [1.82, 2.24) is 0 Å². The number of aliphatic hydroxyl groups is 1. The minimum absolute atomic E-state index is 0.0820. The molecule has 2 aromatic rings. The van der Waals surface area contributed by atoms with Crippen LogP contribution in [-0.2, 0) is 0 Å². The number of thiophene rings is 1. The van der Waals surface area contributed by atoms with E-state index in [1.54, 1.807) is 12.1 Å². The molecule has 7 heteroatoms. The molecule has 0 fully saturated rings. The van der Waals surface area contributed by atoms with Gasteiger partial charge in [0.1, 0.15) is 11.9 Å². The van der Waals surface area contributed by atoms with Crippen molar-refractivity contribution in [3.8, 4) is 5.75 Å². The Morgan fingerprint density at radius 3 is 2.50 bits per heavy atom. The Hall–Kier alpha value is -1.05. The quantitative estimate of drug-likeness (QED) is 0.845. The monoisotopic (exact) mass is 366 g/mol. The lowest BCUT2D eigenvalue weighted by molar-refractivity contribution is -0.275. The van der Waals surface area contributed by atoms with Crippen LogP contribution in [0.3, 0.4) is 0 Å². The summed E-state index contributed by atoms with van der Waals surface area (Å²) in [4.78, 5) is 0.549. The number of ether oxygens (including phenoxy) is 1. The Kier molecular flexibility index (Phi) is 4.41. The smallest absolute Gasteiger partial charge is 0.405 e. The lowest BCUT2D eigenvalue weighted by Crippen LogP contribution is -2.18. The molecule has 1 unspecified atom stereocenters. The van der Waals surface area contributed by atoms with Crippen LogP contribution in [0.1, 0.15) is 22.1 Å². The largest absolute Gasteiger partial charge is 0.573 e. The van der Waals surface area contributed by atoms with Crippen LogP contribution in [0.5, 0.6) is 5.75 Å². The second-order valence-corrected chi connectivity index (χ2v) is 6.50. The van der Waals surface area contributed by atoms with Gasteiger partial charge in [0.05, 0.1) is 3.79 Å². The van der Waals surface area contributed by atoms with Gasteiger partial charge in [0.2, 0.25) is 0 Å². The molecule has 0 spiro atoms. The maximum absolute atomic E-state index is 12.3. The summed E-state index contributed by atoms with van der Waals surface area (Å²) in [6.07, 6.45) is -5.95. The van der Waals surface area contributed by atoms with Gasteiger partial charge in [-0.3, -0.25) is 0 Å². The average Bonchev–Trinajstić information content (AvgIpc) is 2.67. The summed E-state index contributed by atoms with van der Waals surface area (Å²) in [5.74, 6) is -0.394. The first-order valence-electron chi connectivity index (χ1n) is 5.56. The lowest BCUT2D eigenvalue weighted by atomic mass is 10.1. The van der Waals surface area contributed by atoms with Gasteiger partial charge in [0, 0.05) is 10.4 Å². The fourth-order valence-electron chi connectivity index (χ4n) is 1.70. The highest BCUT2D eigenvalue weighted by Gasteiger charge is 2.33. The molecule has 1 heterocycles. The van der Waals surface area contributed by atoms with Crippen LogP contribution in [0.15, 0.2) is 34.1 Å². The van der Waals surface area contributed by atoms with E-state index in [0.29, 0.717) is 4.88 Å². The SMILES string of the molecule is Cc1cc(C(O)c2ccccc2OC(F)(F)F)sc1Br. The molecule has 2 nitrogen and oxygen atoms in total. The highest BCUT2D eigenvalue weighted by atomic mass is 79.9. The number of alkyl halides is 3. The predicted molar refractivity (Wildman–Crippen MR) is 73.9 cm³/mol. The lowest BCUT2D eigenvalue weighted by Gasteiger charge is -2.16. The van der Waals surface area contributed by atoms with Gasteiger partial charge in [-0.05, 0) is 40.5 Å². The first-order chi connectivity index (χ1) is 9.28. The maximum atomic E-state index is 12.3. The summed E-state index contributed by atoms with van der Waals surface area (Å²) in [6, 6.07) is 7.30. The zero-order valence-corrected chi connectivity index (χ0v) is 12.6. The molecule has 1 atom stereocenters. The van der Waals surface area contributed by atoms with Crippen LogP contribution < -0.4 is 4.74 Å². The molecule has 0 radical (unpaired) electrons. The van der Waals surface area contributed by atoms with E-state index in [2.05, 4.69) is 20.7 Å². The highest BCUT2D eigenvalue weighted by molar-refractivity contribution is 9.11. The van der Waals surface area contributed by atoms with Crippen molar-refractivity contribution in [3.05, 3.63) is 50.1 Å². The topological polar surface area (TPSA) is 29.5 Å². The van der Waals surface area contributed by atoms with Crippen LogP contribution in [-0.4, -0.2) is 11.5 Å². The van der Waals surface area contributed by atoms with Crippen LogP contribution >= 0.6 is 27.3 Å². The summed E-state index contributed by atoms with van der Waals surface area (Å²) >= 11 is 4.59. The predicted octanol–water partition coefficient (Wildman–Crippen LogP) is 4.80. The fourth-order valence-corrected chi connectivity index (χ4v) is 3.27. The Morgan fingerprint density at radius 1 is 1.30 bits per heavy atom. The van der Waals surface area contributed by atoms with Crippen LogP contribution in [0.2, 0.25) is 0 Å². The van der Waals surface area contributed by atoms with Crippen molar-refractivity contribution in [2.45, 2.75) is 19.4 Å². The van der Waals surface area contributed by atoms with E-state index in [0.717, 1.165) is 9.35 Å². The molecule has 1 aromatic heterocycles.